The molecule has 41 heavy (non-hydrogen) atoms. The van der Waals surface area contributed by atoms with Gasteiger partial charge in [-0.3, -0.25) is 0 Å². The lowest BCUT2D eigenvalue weighted by Crippen LogP contribution is -2.17. The van der Waals surface area contributed by atoms with Gasteiger partial charge in [-0.05, 0) is 89.0 Å². The minimum Gasteiger partial charge on any atom is -0.495 e. The molecule has 0 aromatic heterocycles. The van der Waals surface area contributed by atoms with Crippen molar-refractivity contribution in [3.63, 3.8) is 0 Å². The van der Waals surface area contributed by atoms with Gasteiger partial charge in [0.25, 0.3) is 0 Å². The number of rotatable bonds is 27. The lowest BCUT2D eigenvalue weighted by atomic mass is 10.1. The summed E-state index contributed by atoms with van der Waals surface area (Å²) in [4.78, 5) is 0. The molecule has 0 saturated heterocycles. The molecule has 0 atom stereocenters. The van der Waals surface area contributed by atoms with E-state index >= 15 is 0 Å². The van der Waals surface area contributed by atoms with Crippen molar-refractivity contribution in [1.29, 1.82) is 0 Å². The zero-order valence-electron chi connectivity index (χ0n) is 26.0. The first-order chi connectivity index (χ1) is 19.8. The largest absolute Gasteiger partial charge is 0.495 e. The number of hydrogen-bond acceptors (Lipinski definition) is 6. The summed E-state index contributed by atoms with van der Waals surface area (Å²) in [5, 5.41) is 14.2. The molecular formula is C34H59ClN4O2. The van der Waals surface area contributed by atoms with Gasteiger partial charge in [-0.25, -0.2) is 0 Å². The molecule has 0 radical (unpaired) electrons. The average Bonchev–Trinajstić information content (AvgIpc) is 2.99. The van der Waals surface area contributed by atoms with Gasteiger partial charge in [-0.1, -0.05) is 75.6 Å². The van der Waals surface area contributed by atoms with Crippen LogP contribution in [0.15, 0.2) is 48.5 Å². The van der Waals surface area contributed by atoms with Crippen LogP contribution in [0.5, 0.6) is 11.5 Å². The highest BCUT2D eigenvalue weighted by Gasteiger charge is 2.01. The molecule has 0 amide bonds. The molecule has 0 fully saturated rings. The Morgan fingerprint density at radius 3 is 1.05 bits per heavy atom. The van der Waals surface area contributed by atoms with Gasteiger partial charge in [0.15, 0.2) is 0 Å². The van der Waals surface area contributed by atoms with E-state index in [1.54, 1.807) is 14.2 Å². The number of hydrogen-bond donors (Lipinski definition) is 4. The molecule has 0 aliphatic heterocycles. The SMILES string of the molecule is COc1ccccc1NCCCCCCNCCCCCCCCNCCCCCCNc1ccccc1OC.Cl. The van der Waals surface area contributed by atoms with Crippen LogP contribution in [0, 0.1) is 0 Å². The standard InChI is InChI=1S/C34H58N4O2.ClH/c1-39-33-23-13-11-21-31(33)37-29-19-9-7-17-27-35-25-15-5-3-4-6-16-26-36-28-18-8-10-20-30-38-32-22-12-14-24-34(32)40-2;/h11-14,21-24,35-38H,3-10,15-20,25-30H2,1-2H3;1H. The predicted octanol–water partition coefficient (Wildman–Crippen LogP) is 8.29. The minimum absolute atomic E-state index is 0. The topological polar surface area (TPSA) is 66.6 Å². The van der Waals surface area contributed by atoms with E-state index in [2.05, 4.69) is 33.4 Å². The summed E-state index contributed by atoms with van der Waals surface area (Å²) in [6, 6.07) is 16.3. The molecule has 4 N–H and O–H groups in total. The van der Waals surface area contributed by atoms with Crippen LogP contribution in [0.3, 0.4) is 0 Å². The molecule has 0 bridgehead atoms. The van der Waals surface area contributed by atoms with Crippen molar-refractivity contribution < 1.29 is 9.47 Å². The number of unbranched alkanes of at least 4 members (excludes halogenated alkanes) is 11. The average molecular weight is 591 g/mol. The monoisotopic (exact) mass is 590 g/mol. The molecule has 0 aliphatic carbocycles. The second-order valence-corrected chi connectivity index (χ2v) is 10.7. The van der Waals surface area contributed by atoms with Crippen LogP contribution < -0.4 is 30.7 Å². The van der Waals surface area contributed by atoms with Gasteiger partial charge >= 0.3 is 0 Å². The van der Waals surface area contributed by atoms with Crippen molar-refractivity contribution in [2.75, 3.05) is 64.1 Å². The number of anilines is 2. The highest BCUT2D eigenvalue weighted by Crippen LogP contribution is 2.23. The summed E-state index contributed by atoms with van der Waals surface area (Å²) in [6.45, 7) is 6.68. The van der Waals surface area contributed by atoms with Crippen molar-refractivity contribution in [2.45, 2.75) is 89.9 Å². The van der Waals surface area contributed by atoms with Crippen LogP contribution in [-0.2, 0) is 0 Å². The molecule has 0 aliphatic rings. The first-order valence-corrected chi connectivity index (χ1v) is 16.0. The highest BCUT2D eigenvalue weighted by molar-refractivity contribution is 5.85. The maximum atomic E-state index is 5.38. The van der Waals surface area contributed by atoms with E-state index in [-0.39, 0.29) is 12.4 Å². The Bertz CT molecular complexity index is 785. The fourth-order valence-electron chi connectivity index (χ4n) is 4.94. The maximum absolute atomic E-state index is 5.38. The molecule has 0 heterocycles. The van der Waals surface area contributed by atoms with Gasteiger partial charge in [-0.2, -0.15) is 0 Å². The van der Waals surface area contributed by atoms with Crippen LogP contribution in [-0.4, -0.2) is 53.5 Å². The van der Waals surface area contributed by atoms with Gasteiger partial charge < -0.3 is 30.7 Å². The molecule has 0 unspecified atom stereocenters. The Balaban J connectivity index is 0.00000840. The van der Waals surface area contributed by atoms with Gasteiger partial charge in [0.2, 0.25) is 0 Å². The molecule has 0 spiro atoms. The summed E-state index contributed by atoms with van der Waals surface area (Å²) >= 11 is 0. The van der Waals surface area contributed by atoms with Crippen LogP contribution in [0.4, 0.5) is 11.4 Å². The lowest BCUT2D eigenvalue weighted by Gasteiger charge is -2.10. The summed E-state index contributed by atoms with van der Waals surface area (Å²) in [5.41, 5.74) is 2.19. The minimum atomic E-state index is 0. The Labute approximate surface area is 257 Å². The first kappa shape index (κ1) is 36.9. The van der Waals surface area contributed by atoms with Crippen molar-refractivity contribution >= 4 is 23.8 Å². The summed E-state index contributed by atoms with van der Waals surface area (Å²) in [6.07, 6.45) is 18.2. The number of para-hydroxylation sites is 4. The highest BCUT2D eigenvalue weighted by atomic mass is 35.5. The fourth-order valence-corrected chi connectivity index (χ4v) is 4.94. The Morgan fingerprint density at radius 2 is 0.707 bits per heavy atom. The molecule has 234 valence electrons. The Morgan fingerprint density at radius 1 is 0.415 bits per heavy atom. The predicted molar refractivity (Wildman–Crippen MR) is 181 cm³/mol. The van der Waals surface area contributed by atoms with Crippen LogP contribution in [0.25, 0.3) is 0 Å². The van der Waals surface area contributed by atoms with E-state index < -0.39 is 0 Å². The number of ether oxygens (including phenoxy) is 2. The second-order valence-electron chi connectivity index (χ2n) is 10.7. The molecule has 0 saturated carbocycles. The number of halogens is 1. The Kier molecular flexibility index (Phi) is 24.0. The van der Waals surface area contributed by atoms with Crippen LogP contribution >= 0.6 is 12.4 Å². The third-order valence-electron chi connectivity index (χ3n) is 7.36. The first-order valence-electron chi connectivity index (χ1n) is 16.0. The normalized spacial score (nSPS) is 10.7. The molecule has 2 rings (SSSR count). The van der Waals surface area contributed by atoms with E-state index in [0.29, 0.717) is 0 Å². The van der Waals surface area contributed by atoms with Crippen LogP contribution in [0.1, 0.15) is 89.9 Å². The zero-order chi connectivity index (χ0) is 28.4. The third-order valence-corrected chi connectivity index (χ3v) is 7.36. The van der Waals surface area contributed by atoms with Crippen LogP contribution in [0.2, 0.25) is 0 Å². The Hall–Kier alpha value is -2.15. The lowest BCUT2D eigenvalue weighted by molar-refractivity contribution is 0.416. The van der Waals surface area contributed by atoms with Crippen molar-refractivity contribution in [3.8, 4) is 11.5 Å². The second kappa shape index (κ2) is 26.7. The molecule has 7 heteroatoms. The van der Waals surface area contributed by atoms with E-state index in [1.165, 1.54) is 103 Å². The van der Waals surface area contributed by atoms with Gasteiger partial charge in [0.05, 0.1) is 25.6 Å². The molecule has 6 nitrogen and oxygen atoms in total. The number of benzene rings is 2. The van der Waals surface area contributed by atoms with E-state index in [0.717, 1.165) is 49.1 Å². The summed E-state index contributed by atoms with van der Waals surface area (Å²) in [5.74, 6) is 1.85. The van der Waals surface area contributed by atoms with Crippen molar-refractivity contribution in [3.05, 3.63) is 48.5 Å². The third kappa shape index (κ3) is 18.8. The molecule has 2 aromatic carbocycles. The van der Waals surface area contributed by atoms with Gasteiger partial charge in [-0.15, -0.1) is 12.4 Å². The van der Waals surface area contributed by atoms with Gasteiger partial charge in [0.1, 0.15) is 11.5 Å². The van der Waals surface area contributed by atoms with E-state index in [1.807, 2.05) is 36.4 Å². The summed E-state index contributed by atoms with van der Waals surface area (Å²) in [7, 11) is 3.45. The van der Waals surface area contributed by atoms with E-state index in [4.69, 9.17) is 9.47 Å². The van der Waals surface area contributed by atoms with Crippen molar-refractivity contribution in [1.82, 2.24) is 10.6 Å². The maximum Gasteiger partial charge on any atom is 0.141 e. The quantitative estimate of drug-likeness (QED) is 0.0785. The molecular weight excluding hydrogens is 532 g/mol. The van der Waals surface area contributed by atoms with E-state index in [9.17, 15) is 0 Å². The van der Waals surface area contributed by atoms with Crippen molar-refractivity contribution in [2.24, 2.45) is 0 Å². The fraction of sp³-hybridized carbons (Fsp3) is 0.647. The number of methoxy groups -OCH3 is 2. The number of nitrogens with one attached hydrogen (secondary N) is 4. The van der Waals surface area contributed by atoms with Gasteiger partial charge in [0, 0.05) is 13.1 Å². The summed E-state index contributed by atoms with van der Waals surface area (Å²) < 4.78 is 10.8. The zero-order valence-corrected chi connectivity index (χ0v) is 26.8. The molecule has 2 aromatic rings. The smallest absolute Gasteiger partial charge is 0.141 e.